The third-order valence-electron chi connectivity index (χ3n) is 1.22. The highest BCUT2D eigenvalue weighted by molar-refractivity contribution is 7.98. The van der Waals surface area contributed by atoms with Gasteiger partial charge < -0.3 is 5.32 Å². The molecule has 0 aliphatic heterocycles. The van der Waals surface area contributed by atoms with Crippen molar-refractivity contribution < 1.29 is 0 Å². The quantitative estimate of drug-likeness (QED) is 0.575. The molecule has 0 amide bonds. The van der Waals surface area contributed by atoms with Crippen LogP contribution in [0.2, 0.25) is 0 Å². The summed E-state index contributed by atoms with van der Waals surface area (Å²) in [6, 6.07) is 0. The fraction of sp³-hybridized carbons (Fsp3) is 0.500. The monoisotopic (exact) mass is 217 g/mol. The van der Waals surface area contributed by atoms with E-state index in [-0.39, 0.29) is 0 Å². The lowest BCUT2D eigenvalue weighted by atomic mass is 10.7. The largest absolute Gasteiger partial charge is 0.354 e. The number of thioether (sulfide) groups is 1. The average Bonchev–Trinajstić information content (AvgIpc) is 2.17. The standard InChI is InChI=1S/C6H11N5S2/c1-3-8-4-9-5(12-2)11-6(10-4)13-7/h3,7H2,1-2H3,(H,8,9,10,11). The summed E-state index contributed by atoms with van der Waals surface area (Å²) >= 11 is 2.49. The molecule has 0 spiro atoms. The molecule has 1 aromatic rings. The number of nitrogens with one attached hydrogen (secondary N) is 1. The normalized spacial score (nSPS) is 10.1. The Labute approximate surface area is 85.5 Å². The number of nitrogens with zero attached hydrogens (tertiary/aromatic N) is 3. The van der Waals surface area contributed by atoms with Crippen molar-refractivity contribution in [3.63, 3.8) is 0 Å². The van der Waals surface area contributed by atoms with Gasteiger partial charge in [0, 0.05) is 6.54 Å². The van der Waals surface area contributed by atoms with E-state index in [0.717, 1.165) is 18.5 Å². The van der Waals surface area contributed by atoms with Crippen LogP contribution in [-0.2, 0) is 0 Å². The molecule has 7 heteroatoms. The van der Waals surface area contributed by atoms with Crippen LogP contribution in [0.4, 0.5) is 5.95 Å². The van der Waals surface area contributed by atoms with Gasteiger partial charge in [0.25, 0.3) is 0 Å². The van der Waals surface area contributed by atoms with Gasteiger partial charge in [-0.05, 0) is 25.1 Å². The third-order valence-corrected chi connectivity index (χ3v) is 2.16. The zero-order valence-corrected chi connectivity index (χ0v) is 9.08. The molecule has 0 radical (unpaired) electrons. The Morgan fingerprint density at radius 3 is 2.54 bits per heavy atom. The minimum absolute atomic E-state index is 0.537. The molecule has 5 nitrogen and oxygen atoms in total. The summed E-state index contributed by atoms with van der Waals surface area (Å²) in [5.74, 6) is 0.579. The summed E-state index contributed by atoms with van der Waals surface area (Å²) < 4.78 is 0. The SMILES string of the molecule is CCNc1nc(SC)nc(SN)n1. The summed E-state index contributed by atoms with van der Waals surface area (Å²) in [5, 5.41) is 9.59. The summed E-state index contributed by atoms with van der Waals surface area (Å²) in [4.78, 5) is 12.3. The zero-order valence-electron chi connectivity index (χ0n) is 7.44. The van der Waals surface area contributed by atoms with Crippen LogP contribution in [0.15, 0.2) is 10.3 Å². The van der Waals surface area contributed by atoms with E-state index in [1.165, 1.54) is 11.8 Å². The van der Waals surface area contributed by atoms with E-state index in [0.29, 0.717) is 16.3 Å². The molecule has 1 heterocycles. The molecule has 1 aromatic heterocycles. The average molecular weight is 217 g/mol. The summed E-state index contributed by atoms with van der Waals surface area (Å²) in [6.45, 7) is 2.77. The van der Waals surface area contributed by atoms with Crippen LogP contribution in [-0.4, -0.2) is 27.8 Å². The van der Waals surface area contributed by atoms with Crippen molar-refractivity contribution in [1.82, 2.24) is 15.0 Å². The van der Waals surface area contributed by atoms with Gasteiger partial charge in [0.2, 0.25) is 11.1 Å². The molecule has 0 fully saturated rings. The van der Waals surface area contributed by atoms with Gasteiger partial charge in [0.05, 0.1) is 0 Å². The van der Waals surface area contributed by atoms with Crippen molar-refractivity contribution in [3.05, 3.63) is 0 Å². The van der Waals surface area contributed by atoms with E-state index in [2.05, 4.69) is 20.3 Å². The second kappa shape index (κ2) is 5.25. The Bertz CT molecular complexity index is 257. The van der Waals surface area contributed by atoms with E-state index >= 15 is 0 Å². The van der Waals surface area contributed by atoms with Crippen molar-refractivity contribution in [2.24, 2.45) is 5.14 Å². The summed E-state index contributed by atoms with van der Waals surface area (Å²) in [6.07, 6.45) is 1.91. The van der Waals surface area contributed by atoms with Crippen molar-refractivity contribution in [2.45, 2.75) is 17.2 Å². The van der Waals surface area contributed by atoms with Crippen LogP contribution in [0, 0.1) is 0 Å². The highest BCUT2D eigenvalue weighted by atomic mass is 32.2. The first-order chi connectivity index (χ1) is 6.30. The van der Waals surface area contributed by atoms with E-state index in [4.69, 9.17) is 5.14 Å². The smallest absolute Gasteiger partial charge is 0.227 e. The third kappa shape index (κ3) is 3.02. The minimum Gasteiger partial charge on any atom is -0.354 e. The molecule has 0 saturated heterocycles. The predicted molar refractivity (Wildman–Crippen MR) is 55.8 cm³/mol. The highest BCUT2D eigenvalue weighted by Gasteiger charge is 2.03. The highest BCUT2D eigenvalue weighted by Crippen LogP contribution is 2.14. The fourth-order valence-corrected chi connectivity index (χ4v) is 1.41. The number of hydrogen-bond donors (Lipinski definition) is 2. The van der Waals surface area contributed by atoms with Crippen LogP contribution < -0.4 is 10.5 Å². The molecule has 0 unspecified atom stereocenters. The molecule has 0 saturated carbocycles. The van der Waals surface area contributed by atoms with Gasteiger partial charge in [-0.25, -0.2) is 0 Å². The molecule has 13 heavy (non-hydrogen) atoms. The lowest BCUT2D eigenvalue weighted by Crippen LogP contribution is -2.05. The molecule has 0 aliphatic rings. The van der Waals surface area contributed by atoms with Crippen LogP contribution in [0.5, 0.6) is 0 Å². The molecular weight excluding hydrogens is 206 g/mol. The predicted octanol–water partition coefficient (Wildman–Crippen LogP) is 0.991. The minimum atomic E-state index is 0.537. The second-order valence-corrected chi connectivity index (χ2v) is 3.45. The lowest BCUT2D eigenvalue weighted by Gasteiger charge is -2.03. The number of aromatic nitrogens is 3. The van der Waals surface area contributed by atoms with Gasteiger partial charge >= 0.3 is 0 Å². The number of rotatable bonds is 4. The number of nitrogens with two attached hydrogens (primary N) is 1. The Kier molecular flexibility index (Phi) is 4.26. The van der Waals surface area contributed by atoms with Gasteiger partial charge in [-0.2, -0.15) is 15.0 Å². The van der Waals surface area contributed by atoms with Crippen LogP contribution in [0.25, 0.3) is 0 Å². The lowest BCUT2D eigenvalue weighted by molar-refractivity contribution is 0.804. The maximum atomic E-state index is 5.37. The van der Waals surface area contributed by atoms with Gasteiger partial charge in [-0.3, -0.25) is 5.14 Å². The fourth-order valence-electron chi connectivity index (χ4n) is 0.719. The number of anilines is 1. The van der Waals surface area contributed by atoms with Crippen molar-refractivity contribution in [2.75, 3.05) is 18.1 Å². The Morgan fingerprint density at radius 2 is 2.00 bits per heavy atom. The van der Waals surface area contributed by atoms with E-state index in [1.807, 2.05) is 13.2 Å². The first-order valence-corrected chi connectivity index (χ1v) is 5.81. The van der Waals surface area contributed by atoms with Gasteiger partial charge in [-0.1, -0.05) is 11.8 Å². The molecule has 3 N–H and O–H groups in total. The zero-order chi connectivity index (χ0) is 9.68. The van der Waals surface area contributed by atoms with Crippen LogP contribution in [0.3, 0.4) is 0 Å². The van der Waals surface area contributed by atoms with Crippen molar-refractivity contribution >= 4 is 29.7 Å². The molecule has 0 aromatic carbocycles. The summed E-state index contributed by atoms with van der Waals surface area (Å²) in [5.41, 5.74) is 0. The first kappa shape index (κ1) is 10.6. The molecule has 72 valence electrons. The maximum absolute atomic E-state index is 5.37. The van der Waals surface area contributed by atoms with Gasteiger partial charge in [0.1, 0.15) is 0 Å². The maximum Gasteiger partial charge on any atom is 0.227 e. The van der Waals surface area contributed by atoms with E-state index in [9.17, 15) is 0 Å². The molecular formula is C6H11N5S2. The second-order valence-electron chi connectivity index (χ2n) is 2.08. The Hall–Kier alpha value is -0.530. The Morgan fingerprint density at radius 1 is 1.31 bits per heavy atom. The molecule has 0 atom stereocenters. The van der Waals surface area contributed by atoms with E-state index in [1.54, 1.807) is 0 Å². The van der Waals surface area contributed by atoms with Crippen LogP contribution in [0.1, 0.15) is 6.92 Å². The van der Waals surface area contributed by atoms with E-state index < -0.39 is 0 Å². The molecule has 0 bridgehead atoms. The Balaban J connectivity index is 2.93. The van der Waals surface area contributed by atoms with Gasteiger partial charge in [0.15, 0.2) is 5.16 Å². The first-order valence-electron chi connectivity index (χ1n) is 3.70. The molecule has 0 aliphatic carbocycles. The molecule has 1 rings (SSSR count). The van der Waals surface area contributed by atoms with Crippen molar-refractivity contribution in [3.8, 4) is 0 Å². The number of hydrogen-bond acceptors (Lipinski definition) is 7. The van der Waals surface area contributed by atoms with Crippen molar-refractivity contribution in [1.29, 1.82) is 0 Å². The van der Waals surface area contributed by atoms with Crippen LogP contribution >= 0.6 is 23.7 Å². The summed E-state index contributed by atoms with van der Waals surface area (Å²) in [7, 11) is 0. The topological polar surface area (TPSA) is 76.7 Å². The van der Waals surface area contributed by atoms with Gasteiger partial charge in [-0.15, -0.1) is 0 Å².